The molecule has 136 valence electrons. The summed E-state index contributed by atoms with van der Waals surface area (Å²) >= 11 is 0. The van der Waals surface area contributed by atoms with Gasteiger partial charge in [-0.05, 0) is 37.6 Å². The summed E-state index contributed by atoms with van der Waals surface area (Å²) in [5.74, 6) is 1.44. The quantitative estimate of drug-likeness (QED) is 0.515. The third kappa shape index (κ3) is 3.38. The zero-order valence-corrected chi connectivity index (χ0v) is 15.7. The molecule has 0 aliphatic rings. The molecule has 0 amide bonds. The van der Waals surface area contributed by atoms with Gasteiger partial charge in [0, 0.05) is 28.7 Å². The summed E-state index contributed by atoms with van der Waals surface area (Å²) < 4.78 is 12.9. The number of hydrogen-bond acceptors (Lipinski definition) is 4. The fraction of sp³-hybridized carbons (Fsp3) is 0.286. The molecule has 3 rings (SSSR count). The molecule has 0 unspecified atom stereocenters. The van der Waals surface area contributed by atoms with Crippen LogP contribution >= 0.6 is 0 Å². The Kier molecular flexibility index (Phi) is 5.46. The third-order valence-electron chi connectivity index (χ3n) is 4.61. The minimum Gasteiger partial charge on any atom is -0.493 e. The van der Waals surface area contributed by atoms with Gasteiger partial charge in [-0.3, -0.25) is 0 Å². The van der Waals surface area contributed by atoms with Gasteiger partial charge in [0.05, 0.1) is 27.0 Å². The highest BCUT2D eigenvalue weighted by molar-refractivity contribution is 6.01. The summed E-state index contributed by atoms with van der Waals surface area (Å²) in [6.07, 6.45) is 1.91. The fourth-order valence-corrected chi connectivity index (χ4v) is 3.27. The van der Waals surface area contributed by atoms with Crippen LogP contribution in [-0.2, 0) is 13.1 Å². The number of aromatic nitrogens is 1. The minimum atomic E-state index is 0.613. The first-order valence-corrected chi connectivity index (χ1v) is 8.74. The zero-order chi connectivity index (χ0) is 18.5. The van der Waals surface area contributed by atoms with Crippen LogP contribution < -0.4 is 14.9 Å². The van der Waals surface area contributed by atoms with E-state index in [1.165, 1.54) is 16.6 Å². The molecule has 2 aromatic carbocycles. The van der Waals surface area contributed by atoms with Crippen LogP contribution in [0.15, 0.2) is 47.6 Å². The molecule has 0 saturated heterocycles. The van der Waals surface area contributed by atoms with Crippen LogP contribution in [0.4, 0.5) is 0 Å². The largest absolute Gasteiger partial charge is 0.493 e. The molecule has 1 aromatic heterocycles. The van der Waals surface area contributed by atoms with Gasteiger partial charge in [-0.1, -0.05) is 24.3 Å². The predicted molar refractivity (Wildman–Crippen MR) is 106 cm³/mol. The van der Waals surface area contributed by atoms with E-state index in [0.717, 1.165) is 29.2 Å². The number of methoxy groups -OCH3 is 2. The Balaban J connectivity index is 1.76. The van der Waals surface area contributed by atoms with E-state index in [1.54, 1.807) is 14.2 Å². The SMILES string of the molecule is CCn1c(C)c(/C=N/NCc2ccc(OC)c(OC)c2)c2ccccc21. The highest BCUT2D eigenvalue weighted by Gasteiger charge is 2.10. The Morgan fingerprint density at radius 1 is 1.08 bits per heavy atom. The number of hydrazone groups is 1. The summed E-state index contributed by atoms with van der Waals surface area (Å²) in [5.41, 5.74) is 7.82. The van der Waals surface area contributed by atoms with Gasteiger partial charge in [-0.15, -0.1) is 0 Å². The van der Waals surface area contributed by atoms with E-state index in [0.29, 0.717) is 6.54 Å². The van der Waals surface area contributed by atoms with Crippen molar-refractivity contribution in [2.75, 3.05) is 14.2 Å². The van der Waals surface area contributed by atoms with Crippen LogP contribution in [-0.4, -0.2) is 25.0 Å². The smallest absolute Gasteiger partial charge is 0.161 e. The van der Waals surface area contributed by atoms with Crippen LogP contribution in [0.1, 0.15) is 23.7 Å². The van der Waals surface area contributed by atoms with Gasteiger partial charge in [-0.2, -0.15) is 5.10 Å². The molecule has 0 bridgehead atoms. The Morgan fingerprint density at radius 3 is 2.58 bits per heavy atom. The number of aryl methyl sites for hydroxylation is 1. The molecule has 0 fully saturated rings. The molecule has 5 heteroatoms. The van der Waals surface area contributed by atoms with Crippen molar-refractivity contribution >= 4 is 17.1 Å². The lowest BCUT2D eigenvalue weighted by Gasteiger charge is -2.09. The number of rotatable bonds is 7. The molecule has 3 aromatic rings. The lowest BCUT2D eigenvalue weighted by molar-refractivity contribution is 0.354. The van der Waals surface area contributed by atoms with Gasteiger partial charge in [-0.25, -0.2) is 0 Å². The second-order valence-corrected chi connectivity index (χ2v) is 6.04. The number of nitrogens with zero attached hydrogens (tertiary/aromatic N) is 2. The van der Waals surface area contributed by atoms with Crippen LogP contribution in [0.2, 0.25) is 0 Å². The van der Waals surface area contributed by atoms with E-state index < -0.39 is 0 Å². The molecule has 0 aliphatic carbocycles. The Labute approximate surface area is 154 Å². The Bertz CT molecular complexity index is 928. The number of fused-ring (bicyclic) bond motifs is 1. The van der Waals surface area contributed by atoms with Crippen molar-refractivity contribution in [3.05, 3.63) is 59.3 Å². The molecule has 0 radical (unpaired) electrons. The average Bonchev–Trinajstić information content (AvgIpc) is 2.95. The van der Waals surface area contributed by atoms with E-state index >= 15 is 0 Å². The number of benzene rings is 2. The molecular formula is C21H25N3O2. The number of para-hydroxylation sites is 1. The predicted octanol–water partition coefficient (Wildman–Crippen LogP) is 4.11. The average molecular weight is 351 g/mol. The van der Waals surface area contributed by atoms with Gasteiger partial charge < -0.3 is 19.5 Å². The maximum Gasteiger partial charge on any atom is 0.161 e. The minimum absolute atomic E-state index is 0.613. The van der Waals surface area contributed by atoms with Gasteiger partial charge in [0.1, 0.15) is 0 Å². The van der Waals surface area contributed by atoms with Crippen molar-refractivity contribution in [3.8, 4) is 11.5 Å². The van der Waals surface area contributed by atoms with Crippen molar-refractivity contribution in [1.29, 1.82) is 0 Å². The van der Waals surface area contributed by atoms with Crippen LogP contribution in [0.5, 0.6) is 11.5 Å². The Morgan fingerprint density at radius 2 is 1.85 bits per heavy atom. The van der Waals surface area contributed by atoms with Crippen molar-refractivity contribution in [2.24, 2.45) is 5.10 Å². The first kappa shape index (κ1) is 17.9. The Hall–Kier alpha value is -2.95. The van der Waals surface area contributed by atoms with E-state index in [9.17, 15) is 0 Å². The first-order valence-electron chi connectivity index (χ1n) is 8.74. The number of hydrogen-bond donors (Lipinski definition) is 1. The molecule has 1 heterocycles. The van der Waals surface area contributed by atoms with Gasteiger partial charge in [0.2, 0.25) is 0 Å². The lowest BCUT2D eigenvalue weighted by atomic mass is 10.1. The van der Waals surface area contributed by atoms with Crippen molar-refractivity contribution in [2.45, 2.75) is 26.9 Å². The summed E-state index contributed by atoms with van der Waals surface area (Å²) in [5, 5.41) is 5.66. The number of nitrogens with one attached hydrogen (secondary N) is 1. The standard InChI is InChI=1S/C21H25N3O2/c1-5-24-15(2)18(17-8-6-7-9-19(17)24)14-23-22-13-16-10-11-20(25-3)21(12-16)26-4/h6-12,14,22H,5,13H2,1-4H3/b23-14+. The maximum absolute atomic E-state index is 5.34. The van der Waals surface area contributed by atoms with Crippen LogP contribution in [0.25, 0.3) is 10.9 Å². The first-order chi connectivity index (χ1) is 12.7. The van der Waals surface area contributed by atoms with Crippen molar-refractivity contribution < 1.29 is 9.47 Å². The van der Waals surface area contributed by atoms with Crippen LogP contribution in [0, 0.1) is 6.92 Å². The second-order valence-electron chi connectivity index (χ2n) is 6.04. The normalized spacial score (nSPS) is 11.2. The van der Waals surface area contributed by atoms with Gasteiger partial charge in [0.25, 0.3) is 0 Å². The lowest BCUT2D eigenvalue weighted by Crippen LogP contribution is -2.06. The summed E-state index contributed by atoms with van der Waals surface area (Å²) in [7, 11) is 3.27. The molecule has 26 heavy (non-hydrogen) atoms. The van der Waals surface area contributed by atoms with Gasteiger partial charge in [0.15, 0.2) is 11.5 Å². The summed E-state index contributed by atoms with van der Waals surface area (Å²) in [6.45, 7) is 5.86. The molecular weight excluding hydrogens is 326 g/mol. The van der Waals surface area contributed by atoms with Gasteiger partial charge >= 0.3 is 0 Å². The molecule has 1 N–H and O–H groups in total. The zero-order valence-electron chi connectivity index (χ0n) is 15.7. The maximum atomic E-state index is 5.34. The monoisotopic (exact) mass is 351 g/mol. The molecule has 0 atom stereocenters. The second kappa shape index (κ2) is 7.95. The fourth-order valence-electron chi connectivity index (χ4n) is 3.27. The molecule has 0 saturated carbocycles. The summed E-state index contributed by atoms with van der Waals surface area (Å²) in [4.78, 5) is 0. The molecule has 0 aliphatic heterocycles. The summed E-state index contributed by atoms with van der Waals surface area (Å²) in [6, 6.07) is 14.3. The van der Waals surface area contributed by atoms with E-state index in [-0.39, 0.29) is 0 Å². The van der Waals surface area contributed by atoms with E-state index in [1.807, 2.05) is 24.4 Å². The van der Waals surface area contributed by atoms with Crippen LogP contribution in [0.3, 0.4) is 0 Å². The highest BCUT2D eigenvalue weighted by atomic mass is 16.5. The molecule has 0 spiro atoms. The van der Waals surface area contributed by atoms with Crippen molar-refractivity contribution in [3.63, 3.8) is 0 Å². The van der Waals surface area contributed by atoms with Crippen molar-refractivity contribution in [1.82, 2.24) is 9.99 Å². The third-order valence-corrected chi connectivity index (χ3v) is 4.61. The molecule has 5 nitrogen and oxygen atoms in total. The number of ether oxygens (including phenoxy) is 2. The van der Waals surface area contributed by atoms with E-state index in [2.05, 4.69) is 53.2 Å². The highest BCUT2D eigenvalue weighted by Crippen LogP contribution is 2.27. The van der Waals surface area contributed by atoms with E-state index in [4.69, 9.17) is 9.47 Å². The topological polar surface area (TPSA) is 47.8 Å².